The van der Waals surface area contributed by atoms with E-state index in [4.69, 9.17) is 23.6 Å². The monoisotopic (exact) mass is 613 g/mol. The molecule has 1 aromatic rings. The standard InChI is InChI=1S/C34H47NO9/c1-20-30(38)27(36)15-29(43-20)44-22-5-10-32(19-35-17-23-4-3-13-41-23)25-6-9-31(2)24(21-14-28(37)42-18-21)8-12-34(31,40)26(25)7-11-33(32,39)16-22/h3-4,13-14,19-20,22,24-27,29-30,36,38-40H,5-12,15-18H2,1-2H3. The Morgan fingerprint density at radius 3 is 2.64 bits per heavy atom. The fraction of sp³-hybridized carbons (Fsp3) is 0.765. The van der Waals surface area contributed by atoms with E-state index in [-0.39, 0.29) is 41.7 Å². The number of aliphatic hydroxyl groups is 4. The van der Waals surface area contributed by atoms with Crippen LogP contribution in [0.1, 0.15) is 83.8 Å². The lowest BCUT2D eigenvalue weighted by atomic mass is 9.41. The molecule has 4 aliphatic carbocycles. The largest absolute Gasteiger partial charge is 0.467 e. The summed E-state index contributed by atoms with van der Waals surface area (Å²) in [7, 11) is 0. The van der Waals surface area contributed by atoms with E-state index in [1.165, 1.54) is 0 Å². The summed E-state index contributed by atoms with van der Waals surface area (Å²) in [5.74, 6) is 0.569. The molecule has 5 fully saturated rings. The molecule has 10 heteroatoms. The highest BCUT2D eigenvalue weighted by molar-refractivity contribution is 5.85. The van der Waals surface area contributed by atoms with Crippen LogP contribution in [-0.2, 0) is 25.5 Å². The van der Waals surface area contributed by atoms with E-state index in [1.807, 2.05) is 18.3 Å². The van der Waals surface area contributed by atoms with Gasteiger partial charge in [-0.15, -0.1) is 0 Å². The smallest absolute Gasteiger partial charge is 0.331 e. The topological polar surface area (TPSA) is 151 Å². The molecule has 0 aromatic carbocycles. The van der Waals surface area contributed by atoms with Gasteiger partial charge in [-0.3, -0.25) is 4.99 Å². The van der Waals surface area contributed by atoms with Crippen LogP contribution in [0.25, 0.3) is 0 Å². The predicted octanol–water partition coefficient (Wildman–Crippen LogP) is 3.44. The van der Waals surface area contributed by atoms with Gasteiger partial charge in [0.15, 0.2) is 6.29 Å². The number of hydrogen-bond acceptors (Lipinski definition) is 10. The molecule has 0 radical (unpaired) electrons. The van der Waals surface area contributed by atoms with Gasteiger partial charge in [-0.1, -0.05) is 6.92 Å². The number of ether oxygens (including phenoxy) is 3. The molecule has 2 aliphatic heterocycles. The Morgan fingerprint density at radius 2 is 1.91 bits per heavy atom. The first kappa shape index (κ1) is 30.6. The quantitative estimate of drug-likeness (QED) is 0.215. The van der Waals surface area contributed by atoms with Gasteiger partial charge < -0.3 is 39.1 Å². The lowest BCUT2D eigenvalue weighted by Gasteiger charge is -2.66. The van der Waals surface area contributed by atoms with E-state index in [0.717, 1.165) is 30.6 Å². The Morgan fingerprint density at radius 1 is 1.09 bits per heavy atom. The normalized spacial score (nSPS) is 48.9. The summed E-state index contributed by atoms with van der Waals surface area (Å²) < 4.78 is 23.0. The molecule has 3 heterocycles. The van der Waals surface area contributed by atoms with Crippen LogP contribution in [0.15, 0.2) is 39.5 Å². The minimum Gasteiger partial charge on any atom is -0.467 e. The van der Waals surface area contributed by atoms with E-state index in [0.29, 0.717) is 51.7 Å². The third kappa shape index (κ3) is 4.66. The summed E-state index contributed by atoms with van der Waals surface area (Å²) in [5.41, 5.74) is -2.05. The lowest BCUT2D eigenvalue weighted by molar-refractivity contribution is -0.282. The first-order valence-corrected chi connectivity index (χ1v) is 16.5. The molecule has 4 saturated carbocycles. The Labute approximate surface area is 258 Å². The molecule has 10 nitrogen and oxygen atoms in total. The molecule has 242 valence electrons. The lowest BCUT2D eigenvalue weighted by Crippen LogP contribution is -2.69. The molecule has 44 heavy (non-hydrogen) atoms. The molecule has 0 amide bonds. The van der Waals surface area contributed by atoms with Gasteiger partial charge in [0.1, 0.15) is 18.5 Å². The maximum atomic E-state index is 12.7. The van der Waals surface area contributed by atoms with Crippen LogP contribution in [-0.4, -0.2) is 81.1 Å². The average Bonchev–Trinajstić information content (AvgIpc) is 3.71. The maximum absolute atomic E-state index is 12.7. The molecule has 12 atom stereocenters. The van der Waals surface area contributed by atoms with E-state index in [2.05, 4.69) is 6.92 Å². The van der Waals surface area contributed by atoms with Gasteiger partial charge in [-0.2, -0.15) is 0 Å². The molecule has 7 rings (SSSR count). The summed E-state index contributed by atoms with van der Waals surface area (Å²) >= 11 is 0. The van der Waals surface area contributed by atoms with E-state index >= 15 is 0 Å². The molecule has 0 spiro atoms. The van der Waals surface area contributed by atoms with Crippen molar-refractivity contribution in [2.24, 2.45) is 33.6 Å². The number of aliphatic imine (C=N–C) groups is 1. The SMILES string of the molecule is CC1OC(OC2CCC3(C=NCc4ccco4)C4CCC5(C)C(C6=CC(=O)OC6)CCC5(O)C4CCC3(O)C2)CC(O)C1O. The van der Waals surface area contributed by atoms with Gasteiger partial charge in [-0.25, -0.2) is 4.79 Å². The van der Waals surface area contributed by atoms with Crippen LogP contribution in [0.3, 0.4) is 0 Å². The first-order chi connectivity index (χ1) is 21.0. The second-order valence-corrected chi connectivity index (χ2v) is 14.7. The van der Waals surface area contributed by atoms with Gasteiger partial charge >= 0.3 is 5.97 Å². The minimum atomic E-state index is -1.10. The van der Waals surface area contributed by atoms with Crippen LogP contribution >= 0.6 is 0 Å². The summed E-state index contributed by atoms with van der Waals surface area (Å²) in [4.78, 5) is 16.8. The molecular formula is C34H47NO9. The zero-order chi connectivity index (χ0) is 30.9. The summed E-state index contributed by atoms with van der Waals surface area (Å²) in [6, 6.07) is 3.74. The van der Waals surface area contributed by atoms with Crippen molar-refractivity contribution >= 4 is 12.2 Å². The summed E-state index contributed by atoms with van der Waals surface area (Å²) in [6.45, 7) is 4.61. The maximum Gasteiger partial charge on any atom is 0.331 e. The fourth-order valence-electron chi connectivity index (χ4n) is 10.5. The molecule has 0 bridgehead atoms. The predicted molar refractivity (Wildman–Crippen MR) is 158 cm³/mol. The number of esters is 1. The van der Waals surface area contributed by atoms with Crippen LogP contribution in [0, 0.1) is 28.6 Å². The highest BCUT2D eigenvalue weighted by atomic mass is 16.7. The second kappa shape index (κ2) is 11.0. The van der Waals surface area contributed by atoms with Crippen molar-refractivity contribution in [3.63, 3.8) is 0 Å². The van der Waals surface area contributed by atoms with E-state index in [9.17, 15) is 25.2 Å². The second-order valence-electron chi connectivity index (χ2n) is 14.7. The third-order valence-electron chi connectivity index (χ3n) is 12.8. The highest BCUT2D eigenvalue weighted by Gasteiger charge is 2.71. The third-order valence-corrected chi connectivity index (χ3v) is 12.8. The molecular weight excluding hydrogens is 566 g/mol. The van der Waals surface area contributed by atoms with Crippen molar-refractivity contribution in [2.45, 2.75) is 127 Å². The average molecular weight is 614 g/mol. The van der Waals surface area contributed by atoms with Gasteiger partial charge in [0, 0.05) is 36.0 Å². The van der Waals surface area contributed by atoms with Crippen LogP contribution in [0.4, 0.5) is 0 Å². The van der Waals surface area contributed by atoms with Gasteiger partial charge in [0.2, 0.25) is 0 Å². The number of furan rings is 1. The van der Waals surface area contributed by atoms with E-state index < -0.39 is 41.2 Å². The van der Waals surface area contributed by atoms with Crippen molar-refractivity contribution in [1.29, 1.82) is 0 Å². The number of cyclic esters (lactones) is 1. The Balaban J connectivity index is 1.17. The van der Waals surface area contributed by atoms with Crippen molar-refractivity contribution in [3.05, 3.63) is 35.8 Å². The number of aliphatic hydroxyl groups excluding tert-OH is 2. The number of rotatable bonds is 6. The number of carbonyl (C=O) groups is 1. The highest BCUT2D eigenvalue weighted by Crippen LogP contribution is 2.70. The fourth-order valence-corrected chi connectivity index (χ4v) is 10.5. The zero-order valence-electron chi connectivity index (χ0n) is 25.8. The minimum absolute atomic E-state index is 0.0168. The Hall–Kier alpha value is -2.08. The summed E-state index contributed by atoms with van der Waals surface area (Å²) in [6.07, 6.45) is 8.14. The first-order valence-electron chi connectivity index (χ1n) is 16.5. The van der Waals surface area contributed by atoms with Crippen LogP contribution < -0.4 is 0 Å². The molecule has 1 saturated heterocycles. The summed E-state index contributed by atoms with van der Waals surface area (Å²) in [5, 5.41) is 45.8. The van der Waals surface area contributed by atoms with Crippen molar-refractivity contribution < 1.29 is 43.8 Å². The Bertz CT molecular complexity index is 1290. The molecule has 6 aliphatic rings. The zero-order valence-corrected chi connectivity index (χ0v) is 25.8. The van der Waals surface area contributed by atoms with E-state index in [1.54, 1.807) is 19.3 Å². The number of carbonyl (C=O) groups excluding carboxylic acids is 1. The number of nitrogens with zero attached hydrogens (tertiary/aromatic N) is 1. The van der Waals surface area contributed by atoms with Gasteiger partial charge in [0.25, 0.3) is 0 Å². The van der Waals surface area contributed by atoms with Gasteiger partial charge in [-0.05, 0) is 93.7 Å². The molecule has 1 aromatic heterocycles. The molecule has 4 N–H and O–H groups in total. The van der Waals surface area contributed by atoms with Crippen LogP contribution in [0.5, 0.6) is 0 Å². The van der Waals surface area contributed by atoms with Crippen molar-refractivity contribution in [1.82, 2.24) is 0 Å². The van der Waals surface area contributed by atoms with Gasteiger partial charge in [0.05, 0.1) is 42.3 Å². The van der Waals surface area contributed by atoms with Crippen molar-refractivity contribution in [3.8, 4) is 0 Å². The van der Waals surface area contributed by atoms with Crippen LogP contribution in [0.2, 0.25) is 0 Å². The number of hydrogen-bond donors (Lipinski definition) is 4. The van der Waals surface area contributed by atoms with Crippen molar-refractivity contribution in [2.75, 3.05) is 6.61 Å². The number of fused-ring (bicyclic) bond motifs is 5. The molecule has 12 unspecified atom stereocenters. The Kier molecular flexibility index (Phi) is 7.66.